The van der Waals surface area contributed by atoms with Crippen molar-refractivity contribution in [2.45, 2.75) is 51.7 Å². The molecule has 0 radical (unpaired) electrons. The molecule has 0 bridgehead atoms. The van der Waals surface area contributed by atoms with Crippen molar-refractivity contribution in [1.29, 1.82) is 0 Å². The van der Waals surface area contributed by atoms with Crippen LogP contribution < -0.4 is 10.6 Å². The lowest BCUT2D eigenvalue weighted by Gasteiger charge is -2.28. The molecule has 1 aliphatic heterocycles. The van der Waals surface area contributed by atoms with E-state index in [1.54, 1.807) is 45.9 Å². The molecular formula is C29H37N7O3S. The van der Waals surface area contributed by atoms with E-state index in [9.17, 15) is 14.4 Å². The van der Waals surface area contributed by atoms with E-state index in [0.717, 1.165) is 11.3 Å². The lowest BCUT2D eigenvalue weighted by atomic mass is 10.0. The third-order valence-corrected chi connectivity index (χ3v) is 7.51. The molecule has 1 aromatic carbocycles. The van der Waals surface area contributed by atoms with E-state index in [1.165, 1.54) is 0 Å². The number of thioether (sulfide) groups is 1. The van der Waals surface area contributed by atoms with Crippen LogP contribution in [0.3, 0.4) is 0 Å². The van der Waals surface area contributed by atoms with Gasteiger partial charge < -0.3 is 15.5 Å². The fourth-order valence-electron chi connectivity index (χ4n) is 4.65. The Hall–Kier alpha value is -3.73. The van der Waals surface area contributed by atoms with Crippen LogP contribution in [0.4, 0.5) is 0 Å². The second kappa shape index (κ2) is 14.1. The molecule has 2 atom stereocenters. The van der Waals surface area contributed by atoms with Gasteiger partial charge in [-0.1, -0.05) is 44.2 Å². The summed E-state index contributed by atoms with van der Waals surface area (Å²) >= 11 is 1.63. The first-order valence-corrected chi connectivity index (χ1v) is 15.0. The Bertz CT molecular complexity index is 1280. The molecule has 2 aromatic heterocycles. The number of nitrogens with one attached hydrogen (secondary N) is 2. The first-order valence-electron chi connectivity index (χ1n) is 13.7. The molecule has 40 heavy (non-hydrogen) atoms. The molecule has 4 rings (SSSR count). The molecule has 0 aliphatic carbocycles. The normalized spacial score (nSPS) is 18.9. The fraction of sp³-hybridized carbons (Fsp3) is 0.448. The standard InChI is InChI=1S/C29H37N7O3S/c1-20(2)25-27-33-26(21-8-5-4-6-9-21)34-36(27)18-17-35(29(39)22-11-14-30-15-12-22)16-7-10-24(37)31-23(13-19-40-3)28(38)32-25/h4-6,8-9,11-12,14-15,20,23,25H,7,10,13,16-19H2,1-3H3,(H,31,37)(H,32,38)/t23-,25+/m0/s1. The van der Waals surface area contributed by atoms with Gasteiger partial charge in [-0.2, -0.15) is 16.9 Å². The van der Waals surface area contributed by atoms with Gasteiger partial charge in [0.1, 0.15) is 6.04 Å². The predicted octanol–water partition coefficient (Wildman–Crippen LogP) is 3.33. The quantitative estimate of drug-likeness (QED) is 0.472. The summed E-state index contributed by atoms with van der Waals surface area (Å²) in [5.41, 5.74) is 1.40. The van der Waals surface area contributed by atoms with Crippen molar-refractivity contribution in [3.05, 3.63) is 66.2 Å². The molecule has 10 nitrogen and oxygen atoms in total. The average molecular weight is 564 g/mol. The second-order valence-electron chi connectivity index (χ2n) is 10.1. The van der Waals surface area contributed by atoms with E-state index in [-0.39, 0.29) is 30.1 Å². The Kier molecular flexibility index (Phi) is 10.3. The molecule has 212 valence electrons. The summed E-state index contributed by atoms with van der Waals surface area (Å²) in [5, 5.41) is 10.9. The minimum Gasteiger partial charge on any atom is -0.344 e. The van der Waals surface area contributed by atoms with Crippen LogP contribution in [0.1, 0.15) is 55.3 Å². The minimum atomic E-state index is -0.663. The van der Waals surface area contributed by atoms with Crippen molar-refractivity contribution in [2.24, 2.45) is 5.92 Å². The molecule has 11 heteroatoms. The van der Waals surface area contributed by atoms with Gasteiger partial charge in [0.25, 0.3) is 5.91 Å². The van der Waals surface area contributed by atoms with Crippen molar-refractivity contribution in [3.63, 3.8) is 0 Å². The molecule has 2 N–H and O–H groups in total. The highest BCUT2D eigenvalue weighted by Crippen LogP contribution is 2.25. The smallest absolute Gasteiger partial charge is 0.254 e. The van der Waals surface area contributed by atoms with Crippen molar-refractivity contribution < 1.29 is 14.4 Å². The zero-order valence-corrected chi connectivity index (χ0v) is 24.1. The van der Waals surface area contributed by atoms with Crippen LogP contribution in [-0.2, 0) is 16.1 Å². The van der Waals surface area contributed by atoms with Crippen molar-refractivity contribution in [2.75, 3.05) is 25.1 Å². The van der Waals surface area contributed by atoms with Gasteiger partial charge in [-0.05, 0) is 42.9 Å². The number of pyridine rings is 1. The summed E-state index contributed by atoms with van der Waals surface area (Å²) in [6.07, 6.45) is 6.35. The van der Waals surface area contributed by atoms with E-state index in [4.69, 9.17) is 10.1 Å². The number of hydrogen-bond donors (Lipinski definition) is 2. The number of carbonyl (C=O) groups is 3. The van der Waals surface area contributed by atoms with Gasteiger partial charge in [-0.25, -0.2) is 9.67 Å². The largest absolute Gasteiger partial charge is 0.344 e. The van der Waals surface area contributed by atoms with E-state index in [1.807, 2.05) is 50.4 Å². The van der Waals surface area contributed by atoms with E-state index in [0.29, 0.717) is 49.7 Å². The number of fused-ring (bicyclic) bond motifs is 1. The van der Waals surface area contributed by atoms with Crippen LogP contribution in [0.15, 0.2) is 54.9 Å². The highest BCUT2D eigenvalue weighted by atomic mass is 32.2. The number of amides is 3. The van der Waals surface area contributed by atoms with Crippen LogP contribution in [0, 0.1) is 5.92 Å². The van der Waals surface area contributed by atoms with Crippen LogP contribution in [0.25, 0.3) is 11.4 Å². The van der Waals surface area contributed by atoms with Gasteiger partial charge in [-0.15, -0.1) is 0 Å². The monoisotopic (exact) mass is 563 g/mol. The van der Waals surface area contributed by atoms with Gasteiger partial charge in [-0.3, -0.25) is 19.4 Å². The highest BCUT2D eigenvalue weighted by molar-refractivity contribution is 7.98. The van der Waals surface area contributed by atoms with Crippen molar-refractivity contribution in [1.82, 2.24) is 35.3 Å². The number of benzene rings is 1. The molecule has 0 fully saturated rings. The van der Waals surface area contributed by atoms with Crippen LogP contribution in [-0.4, -0.2) is 73.5 Å². The third kappa shape index (κ3) is 7.47. The maximum atomic E-state index is 13.5. The Balaban J connectivity index is 1.73. The maximum absolute atomic E-state index is 13.5. The average Bonchev–Trinajstić information content (AvgIpc) is 3.39. The predicted molar refractivity (Wildman–Crippen MR) is 155 cm³/mol. The summed E-state index contributed by atoms with van der Waals surface area (Å²) in [6, 6.07) is 12.0. The zero-order valence-electron chi connectivity index (χ0n) is 23.2. The highest BCUT2D eigenvalue weighted by Gasteiger charge is 2.30. The third-order valence-electron chi connectivity index (χ3n) is 6.87. The molecule has 0 saturated heterocycles. The first kappa shape index (κ1) is 29.3. The Morgan fingerprint density at radius 3 is 2.50 bits per heavy atom. The SMILES string of the molecule is CSCC[C@@H]1NC(=O)CCCN(C(=O)c2ccncc2)CCn2nc(-c3ccccc3)nc2[C@@H](C(C)C)NC1=O. The Morgan fingerprint density at radius 1 is 1.05 bits per heavy atom. The number of nitrogens with zero attached hydrogens (tertiary/aromatic N) is 5. The lowest BCUT2D eigenvalue weighted by molar-refractivity contribution is -0.129. The molecule has 0 saturated carbocycles. The number of hydrogen-bond acceptors (Lipinski definition) is 7. The van der Waals surface area contributed by atoms with Crippen molar-refractivity contribution >= 4 is 29.5 Å². The molecule has 3 aromatic rings. The van der Waals surface area contributed by atoms with E-state index < -0.39 is 12.1 Å². The number of aromatic nitrogens is 4. The van der Waals surface area contributed by atoms with Gasteiger partial charge >= 0.3 is 0 Å². The molecule has 0 unspecified atom stereocenters. The van der Waals surface area contributed by atoms with E-state index in [2.05, 4.69) is 15.6 Å². The summed E-state index contributed by atoms with van der Waals surface area (Å²) in [6.45, 7) is 5.17. The van der Waals surface area contributed by atoms with Gasteiger partial charge in [0, 0.05) is 43.0 Å². The first-order chi connectivity index (χ1) is 19.4. The molecule has 3 heterocycles. The second-order valence-corrected chi connectivity index (χ2v) is 11.1. The molecule has 0 spiro atoms. The summed E-state index contributed by atoms with van der Waals surface area (Å²) in [7, 11) is 0. The van der Waals surface area contributed by atoms with Gasteiger partial charge in [0.2, 0.25) is 11.8 Å². The maximum Gasteiger partial charge on any atom is 0.254 e. The zero-order chi connectivity index (χ0) is 28.5. The van der Waals surface area contributed by atoms with Crippen LogP contribution in [0.2, 0.25) is 0 Å². The summed E-state index contributed by atoms with van der Waals surface area (Å²) in [4.78, 5) is 50.4. The topological polar surface area (TPSA) is 122 Å². The van der Waals surface area contributed by atoms with Crippen molar-refractivity contribution in [3.8, 4) is 11.4 Å². The number of rotatable bonds is 6. The Labute approximate surface area is 239 Å². The Morgan fingerprint density at radius 2 is 1.80 bits per heavy atom. The minimum absolute atomic E-state index is 0.00474. The molecular weight excluding hydrogens is 526 g/mol. The van der Waals surface area contributed by atoms with E-state index >= 15 is 0 Å². The van der Waals surface area contributed by atoms with Gasteiger partial charge in [0.15, 0.2) is 11.6 Å². The van der Waals surface area contributed by atoms with Crippen LogP contribution in [0.5, 0.6) is 0 Å². The summed E-state index contributed by atoms with van der Waals surface area (Å²) in [5.74, 6) is 1.33. The number of carbonyl (C=O) groups excluding carboxylic acids is 3. The molecule has 1 aliphatic rings. The molecule has 3 amide bonds. The fourth-order valence-corrected chi connectivity index (χ4v) is 5.12. The van der Waals surface area contributed by atoms with Gasteiger partial charge in [0.05, 0.1) is 12.6 Å². The lowest BCUT2D eigenvalue weighted by Crippen LogP contribution is -2.49. The van der Waals surface area contributed by atoms with Crippen LogP contribution >= 0.6 is 11.8 Å². The summed E-state index contributed by atoms with van der Waals surface area (Å²) < 4.78 is 1.81.